The zero-order chi connectivity index (χ0) is 14.9. The quantitative estimate of drug-likeness (QED) is 0.805. The monoisotopic (exact) mass is 292 g/mol. The van der Waals surface area contributed by atoms with Gasteiger partial charge >= 0.3 is 0 Å². The highest BCUT2D eigenvalue weighted by Gasteiger charge is 2.52. The van der Waals surface area contributed by atoms with Gasteiger partial charge in [-0.05, 0) is 44.4 Å². The molecule has 0 radical (unpaired) electrons. The number of fused-ring (bicyclic) bond motifs is 3. The average Bonchev–Trinajstić information content (AvgIpc) is 2.88. The summed E-state index contributed by atoms with van der Waals surface area (Å²) in [7, 11) is 0. The van der Waals surface area contributed by atoms with Crippen LogP contribution in [0.5, 0.6) is 0 Å². The number of benzene rings is 1. The lowest BCUT2D eigenvalue weighted by Gasteiger charge is -2.51. The number of piperidine rings is 1. The van der Waals surface area contributed by atoms with Gasteiger partial charge in [-0.25, -0.2) is 0 Å². The maximum atomic E-state index is 12.6. The largest absolute Gasteiger partial charge is 0.319 e. The van der Waals surface area contributed by atoms with Crippen LogP contribution in [0.2, 0.25) is 0 Å². The molecule has 1 aromatic heterocycles. The molecule has 0 aliphatic carbocycles. The molecule has 1 fully saturated rings. The summed E-state index contributed by atoms with van der Waals surface area (Å²) < 4.78 is 2.34. The zero-order valence-electron chi connectivity index (χ0n) is 12.9. The summed E-state index contributed by atoms with van der Waals surface area (Å²) in [6, 6.07) is 8.90. The summed E-state index contributed by atoms with van der Waals surface area (Å²) in [5.41, 5.74) is 3.82. The molecule has 5 rings (SSSR count). The molecule has 0 saturated carbocycles. The molecule has 1 saturated heterocycles. The van der Waals surface area contributed by atoms with Crippen molar-refractivity contribution in [3.63, 3.8) is 0 Å². The van der Waals surface area contributed by atoms with E-state index in [2.05, 4.69) is 46.0 Å². The summed E-state index contributed by atoms with van der Waals surface area (Å²) in [6.07, 6.45) is 7.56. The molecule has 3 heteroatoms. The number of hydrogen-bond donors (Lipinski definition) is 0. The van der Waals surface area contributed by atoms with Crippen molar-refractivity contribution in [2.24, 2.45) is 5.41 Å². The lowest BCUT2D eigenvalue weighted by Crippen LogP contribution is -2.53. The fraction of sp³-hybridized carbons (Fsp3) is 0.421. The predicted octanol–water partition coefficient (Wildman–Crippen LogP) is 3.39. The first-order valence-corrected chi connectivity index (χ1v) is 8.28. The maximum Gasteiger partial charge on any atom is 0.141 e. The highest BCUT2D eigenvalue weighted by Crippen LogP contribution is 2.54. The van der Waals surface area contributed by atoms with Gasteiger partial charge in [0, 0.05) is 23.8 Å². The summed E-state index contributed by atoms with van der Waals surface area (Å²) in [6.45, 7) is 3.98. The molecule has 4 heterocycles. The molecular formula is C19H20N2O. The second-order valence-electron chi connectivity index (χ2n) is 6.96. The first kappa shape index (κ1) is 12.7. The van der Waals surface area contributed by atoms with E-state index < -0.39 is 0 Å². The normalized spacial score (nSPS) is 29.6. The van der Waals surface area contributed by atoms with E-state index in [9.17, 15) is 4.79 Å². The molecule has 2 unspecified atom stereocenters. The van der Waals surface area contributed by atoms with Crippen LogP contribution < -0.4 is 0 Å². The fourth-order valence-corrected chi connectivity index (χ4v) is 5.02. The first-order valence-electron chi connectivity index (χ1n) is 8.28. The van der Waals surface area contributed by atoms with Crippen LogP contribution in [-0.4, -0.2) is 28.3 Å². The molecule has 0 amide bonds. The van der Waals surface area contributed by atoms with Gasteiger partial charge in [0.25, 0.3) is 0 Å². The van der Waals surface area contributed by atoms with Crippen LogP contribution in [0, 0.1) is 5.41 Å². The number of nitrogens with zero attached hydrogens (tertiary/aromatic N) is 2. The molecule has 0 N–H and O–H groups in total. The minimum absolute atomic E-state index is 0.236. The van der Waals surface area contributed by atoms with Gasteiger partial charge in [0.15, 0.2) is 0 Å². The number of rotatable bonds is 1. The predicted molar refractivity (Wildman–Crippen MR) is 87.6 cm³/mol. The molecule has 112 valence electrons. The highest BCUT2D eigenvalue weighted by molar-refractivity contribution is 5.92. The number of carbonyl (C=O) groups is 1. The van der Waals surface area contributed by atoms with E-state index in [1.54, 1.807) is 6.92 Å². The Morgan fingerprint density at radius 2 is 2.14 bits per heavy atom. The van der Waals surface area contributed by atoms with Gasteiger partial charge in [-0.15, -0.1) is 0 Å². The molecule has 2 atom stereocenters. The molecule has 3 nitrogen and oxygen atoms in total. The van der Waals surface area contributed by atoms with E-state index in [0.717, 1.165) is 32.4 Å². The third-order valence-corrected chi connectivity index (χ3v) is 6.03. The van der Waals surface area contributed by atoms with Gasteiger partial charge < -0.3 is 4.57 Å². The molecule has 3 aliphatic rings. The molecular weight excluding hydrogens is 272 g/mol. The van der Waals surface area contributed by atoms with Crippen molar-refractivity contribution in [2.75, 3.05) is 13.1 Å². The van der Waals surface area contributed by atoms with E-state index in [1.165, 1.54) is 22.2 Å². The van der Waals surface area contributed by atoms with Gasteiger partial charge in [-0.1, -0.05) is 24.3 Å². The van der Waals surface area contributed by atoms with Crippen molar-refractivity contribution >= 4 is 22.9 Å². The van der Waals surface area contributed by atoms with Crippen LogP contribution in [0.3, 0.4) is 0 Å². The van der Waals surface area contributed by atoms with E-state index >= 15 is 0 Å². The summed E-state index contributed by atoms with van der Waals surface area (Å²) in [5, 5.41) is 1.37. The lowest BCUT2D eigenvalue weighted by atomic mass is 9.66. The van der Waals surface area contributed by atoms with Crippen LogP contribution in [0.1, 0.15) is 37.1 Å². The third-order valence-electron chi connectivity index (χ3n) is 6.03. The Bertz CT molecular complexity index is 831. The van der Waals surface area contributed by atoms with E-state index in [0.29, 0.717) is 5.78 Å². The average molecular weight is 292 g/mol. The Morgan fingerprint density at radius 1 is 1.27 bits per heavy atom. The second kappa shape index (κ2) is 4.11. The van der Waals surface area contributed by atoms with Gasteiger partial charge in [0.1, 0.15) is 5.78 Å². The Hall–Kier alpha value is -1.87. The molecule has 2 aromatic rings. The molecule has 3 aliphatic heterocycles. The number of aromatic nitrogens is 1. The summed E-state index contributed by atoms with van der Waals surface area (Å²) in [5.74, 6) is 0.322. The molecule has 22 heavy (non-hydrogen) atoms. The number of para-hydroxylation sites is 1. The highest BCUT2D eigenvalue weighted by atomic mass is 16.1. The van der Waals surface area contributed by atoms with Crippen LogP contribution in [0.4, 0.5) is 0 Å². The molecule has 1 aromatic carbocycles. The van der Waals surface area contributed by atoms with Crippen LogP contribution >= 0.6 is 0 Å². The van der Waals surface area contributed by atoms with Gasteiger partial charge in [0.05, 0.1) is 17.0 Å². The van der Waals surface area contributed by atoms with Crippen molar-refractivity contribution in [1.29, 1.82) is 0 Å². The zero-order valence-corrected chi connectivity index (χ0v) is 12.9. The third kappa shape index (κ3) is 1.33. The van der Waals surface area contributed by atoms with Crippen molar-refractivity contribution in [2.45, 2.75) is 32.2 Å². The van der Waals surface area contributed by atoms with Crippen molar-refractivity contribution in [3.05, 3.63) is 41.6 Å². The van der Waals surface area contributed by atoms with Crippen LogP contribution in [-0.2, 0) is 11.2 Å². The lowest BCUT2D eigenvalue weighted by molar-refractivity contribution is -0.131. The van der Waals surface area contributed by atoms with E-state index in [-0.39, 0.29) is 11.5 Å². The SMILES string of the molecule is CC(=O)C12C=Cn3c4c(c5ccccc53)CCN(CCC1)C42. The molecule has 0 bridgehead atoms. The first-order chi connectivity index (χ1) is 10.7. The number of hydrogen-bond acceptors (Lipinski definition) is 2. The van der Waals surface area contributed by atoms with Crippen molar-refractivity contribution < 1.29 is 4.79 Å². The van der Waals surface area contributed by atoms with E-state index in [4.69, 9.17) is 0 Å². The number of ketones is 1. The number of carbonyl (C=O) groups excluding carboxylic acids is 1. The summed E-state index contributed by atoms with van der Waals surface area (Å²) in [4.78, 5) is 15.1. The van der Waals surface area contributed by atoms with Gasteiger partial charge in [-0.2, -0.15) is 0 Å². The van der Waals surface area contributed by atoms with Gasteiger partial charge in [0.2, 0.25) is 0 Å². The van der Waals surface area contributed by atoms with Gasteiger partial charge in [-0.3, -0.25) is 9.69 Å². The maximum absolute atomic E-state index is 12.6. The Balaban J connectivity index is 1.87. The Kier molecular flexibility index (Phi) is 2.36. The summed E-state index contributed by atoms with van der Waals surface area (Å²) >= 11 is 0. The minimum atomic E-state index is -0.308. The Morgan fingerprint density at radius 3 is 3.00 bits per heavy atom. The van der Waals surface area contributed by atoms with Crippen LogP contribution in [0.25, 0.3) is 17.1 Å². The minimum Gasteiger partial charge on any atom is -0.319 e. The van der Waals surface area contributed by atoms with Crippen molar-refractivity contribution in [3.8, 4) is 0 Å². The standard InChI is InChI=1S/C19H20N2O/c1-13(22)19-8-4-10-20-11-7-15-14-5-2-3-6-16(14)21(12-9-19)17(15)18(19)20/h2-3,5-6,9,12,18H,4,7-8,10-11H2,1H3. The molecule has 0 spiro atoms. The fourth-order valence-electron chi connectivity index (χ4n) is 5.02. The topological polar surface area (TPSA) is 25.2 Å². The smallest absolute Gasteiger partial charge is 0.141 e. The number of Topliss-reactive ketones (excluding diaryl/α,β-unsaturated/α-hetero) is 1. The second-order valence-corrected chi connectivity index (χ2v) is 6.96. The Labute approximate surface area is 130 Å². The van der Waals surface area contributed by atoms with Crippen LogP contribution in [0.15, 0.2) is 30.3 Å². The van der Waals surface area contributed by atoms with E-state index in [1.807, 2.05) is 0 Å². The van der Waals surface area contributed by atoms with Crippen molar-refractivity contribution in [1.82, 2.24) is 9.47 Å².